The van der Waals surface area contributed by atoms with Crippen molar-refractivity contribution >= 4 is 17.7 Å². The highest BCUT2D eigenvalue weighted by Crippen LogP contribution is 2.14. The molecular formula is C15H22N2O3. The molecule has 1 atom stereocenters. The predicted molar refractivity (Wildman–Crippen MR) is 79.1 cm³/mol. The van der Waals surface area contributed by atoms with E-state index in [1.165, 1.54) is 12.1 Å². The van der Waals surface area contributed by atoms with Gasteiger partial charge in [0.1, 0.15) is 0 Å². The fourth-order valence-corrected chi connectivity index (χ4v) is 2.22. The van der Waals surface area contributed by atoms with Crippen molar-refractivity contribution in [3.8, 4) is 0 Å². The Morgan fingerprint density at radius 3 is 2.45 bits per heavy atom. The van der Waals surface area contributed by atoms with Crippen LogP contribution in [0.5, 0.6) is 0 Å². The van der Waals surface area contributed by atoms with Crippen LogP contribution in [0.3, 0.4) is 0 Å². The second-order valence-electron chi connectivity index (χ2n) is 4.85. The monoisotopic (exact) mass is 278 g/mol. The zero-order valence-corrected chi connectivity index (χ0v) is 12.1. The van der Waals surface area contributed by atoms with Crippen LogP contribution in [0.4, 0.5) is 10.5 Å². The lowest BCUT2D eigenvalue weighted by Gasteiger charge is -2.22. The van der Waals surface area contributed by atoms with Crippen LogP contribution < -0.4 is 10.6 Å². The average molecular weight is 278 g/mol. The van der Waals surface area contributed by atoms with Crippen molar-refractivity contribution in [1.82, 2.24) is 5.32 Å². The van der Waals surface area contributed by atoms with E-state index in [4.69, 9.17) is 5.11 Å². The van der Waals surface area contributed by atoms with Gasteiger partial charge in [0.2, 0.25) is 0 Å². The SMILES string of the molecule is CCC(CC)C(C)NC(=O)Nc1cccc(C(=O)O)c1. The van der Waals surface area contributed by atoms with Crippen molar-refractivity contribution in [2.45, 2.75) is 39.7 Å². The molecule has 0 radical (unpaired) electrons. The van der Waals surface area contributed by atoms with Crippen molar-refractivity contribution in [1.29, 1.82) is 0 Å². The molecular weight excluding hydrogens is 256 g/mol. The third kappa shape index (κ3) is 4.57. The van der Waals surface area contributed by atoms with E-state index in [0.29, 0.717) is 11.6 Å². The van der Waals surface area contributed by atoms with Crippen LogP contribution in [-0.4, -0.2) is 23.1 Å². The molecule has 1 aromatic rings. The highest BCUT2D eigenvalue weighted by atomic mass is 16.4. The lowest BCUT2D eigenvalue weighted by Crippen LogP contribution is -2.40. The molecule has 1 unspecified atom stereocenters. The first-order valence-corrected chi connectivity index (χ1v) is 6.88. The fraction of sp³-hybridized carbons (Fsp3) is 0.467. The number of anilines is 1. The minimum Gasteiger partial charge on any atom is -0.478 e. The molecule has 20 heavy (non-hydrogen) atoms. The molecule has 0 aromatic heterocycles. The van der Waals surface area contributed by atoms with E-state index in [9.17, 15) is 9.59 Å². The molecule has 0 saturated heterocycles. The molecule has 5 nitrogen and oxygen atoms in total. The van der Waals surface area contributed by atoms with Crippen LogP contribution >= 0.6 is 0 Å². The number of rotatable bonds is 6. The molecule has 110 valence electrons. The quantitative estimate of drug-likeness (QED) is 0.746. The summed E-state index contributed by atoms with van der Waals surface area (Å²) in [4.78, 5) is 22.7. The third-order valence-corrected chi connectivity index (χ3v) is 3.48. The second-order valence-corrected chi connectivity index (χ2v) is 4.85. The molecule has 5 heteroatoms. The minimum absolute atomic E-state index is 0.0765. The summed E-state index contributed by atoms with van der Waals surface area (Å²) in [5, 5.41) is 14.4. The van der Waals surface area contributed by atoms with Crippen LogP contribution in [0.1, 0.15) is 44.0 Å². The van der Waals surface area contributed by atoms with Crippen LogP contribution in [0.25, 0.3) is 0 Å². The molecule has 0 spiro atoms. The van der Waals surface area contributed by atoms with E-state index in [-0.39, 0.29) is 17.6 Å². The molecule has 0 aliphatic rings. The molecule has 0 heterocycles. The molecule has 0 bridgehead atoms. The summed E-state index contributed by atoms with van der Waals surface area (Å²) in [7, 11) is 0. The summed E-state index contributed by atoms with van der Waals surface area (Å²) in [5.74, 6) is -0.578. The number of carbonyl (C=O) groups is 2. The van der Waals surface area contributed by atoms with Crippen molar-refractivity contribution in [3.05, 3.63) is 29.8 Å². The Morgan fingerprint density at radius 2 is 1.90 bits per heavy atom. The lowest BCUT2D eigenvalue weighted by molar-refractivity contribution is 0.0697. The van der Waals surface area contributed by atoms with E-state index >= 15 is 0 Å². The molecule has 0 fully saturated rings. The summed E-state index contributed by atoms with van der Waals surface area (Å²) < 4.78 is 0. The first-order valence-electron chi connectivity index (χ1n) is 6.88. The summed E-state index contributed by atoms with van der Waals surface area (Å²) >= 11 is 0. The summed E-state index contributed by atoms with van der Waals surface area (Å²) in [5.41, 5.74) is 0.620. The normalized spacial score (nSPS) is 12.0. The van der Waals surface area contributed by atoms with Crippen LogP contribution in [0.15, 0.2) is 24.3 Å². The van der Waals surface area contributed by atoms with Gasteiger partial charge in [-0.05, 0) is 31.0 Å². The first-order chi connectivity index (χ1) is 9.47. The highest BCUT2D eigenvalue weighted by molar-refractivity contribution is 5.93. The van der Waals surface area contributed by atoms with Gasteiger partial charge in [-0.2, -0.15) is 0 Å². The number of aromatic carboxylic acids is 1. The number of urea groups is 1. The maximum Gasteiger partial charge on any atom is 0.335 e. The third-order valence-electron chi connectivity index (χ3n) is 3.48. The molecule has 2 amide bonds. The number of carboxylic acid groups (broad SMARTS) is 1. The van der Waals surface area contributed by atoms with Gasteiger partial charge in [0.15, 0.2) is 0 Å². The Labute approximate surface area is 119 Å². The molecule has 0 aliphatic heterocycles. The van der Waals surface area contributed by atoms with Gasteiger partial charge in [-0.25, -0.2) is 9.59 Å². The largest absolute Gasteiger partial charge is 0.478 e. The number of hydrogen-bond acceptors (Lipinski definition) is 2. The molecule has 1 rings (SSSR count). The summed E-state index contributed by atoms with van der Waals surface area (Å²) in [6.07, 6.45) is 2.01. The predicted octanol–water partition coefficient (Wildman–Crippen LogP) is 3.33. The Morgan fingerprint density at radius 1 is 1.25 bits per heavy atom. The van der Waals surface area contributed by atoms with Gasteiger partial charge in [-0.15, -0.1) is 0 Å². The van der Waals surface area contributed by atoms with E-state index in [0.717, 1.165) is 12.8 Å². The summed E-state index contributed by atoms with van der Waals surface area (Å²) in [6, 6.07) is 5.94. The van der Waals surface area contributed by atoms with Crippen molar-refractivity contribution in [3.63, 3.8) is 0 Å². The Kier molecular flexibility index (Phi) is 6.03. The number of hydrogen-bond donors (Lipinski definition) is 3. The maximum atomic E-state index is 11.9. The van der Waals surface area contributed by atoms with E-state index < -0.39 is 5.97 Å². The zero-order valence-electron chi connectivity index (χ0n) is 12.1. The van der Waals surface area contributed by atoms with Crippen LogP contribution in [0.2, 0.25) is 0 Å². The van der Waals surface area contributed by atoms with Crippen molar-refractivity contribution < 1.29 is 14.7 Å². The summed E-state index contributed by atoms with van der Waals surface area (Å²) in [6.45, 7) is 6.17. The fourth-order valence-electron chi connectivity index (χ4n) is 2.22. The molecule has 0 saturated carbocycles. The van der Waals surface area contributed by atoms with Gasteiger partial charge < -0.3 is 15.7 Å². The first kappa shape index (κ1) is 16.0. The topological polar surface area (TPSA) is 78.4 Å². The van der Waals surface area contributed by atoms with Crippen molar-refractivity contribution in [2.75, 3.05) is 5.32 Å². The zero-order chi connectivity index (χ0) is 15.1. The highest BCUT2D eigenvalue weighted by Gasteiger charge is 2.15. The van der Waals surface area contributed by atoms with Gasteiger partial charge in [-0.1, -0.05) is 32.8 Å². The number of carbonyl (C=O) groups excluding carboxylic acids is 1. The van der Waals surface area contributed by atoms with E-state index in [1.54, 1.807) is 12.1 Å². The average Bonchev–Trinajstić information content (AvgIpc) is 2.40. The molecule has 0 aliphatic carbocycles. The van der Waals surface area contributed by atoms with E-state index in [1.807, 2.05) is 6.92 Å². The van der Waals surface area contributed by atoms with Crippen LogP contribution in [0, 0.1) is 5.92 Å². The smallest absolute Gasteiger partial charge is 0.335 e. The van der Waals surface area contributed by atoms with E-state index in [2.05, 4.69) is 24.5 Å². The Hall–Kier alpha value is -2.04. The molecule has 3 N–H and O–H groups in total. The second kappa shape index (κ2) is 7.53. The number of amides is 2. The standard InChI is InChI=1S/C15H22N2O3/c1-4-11(5-2)10(3)16-15(20)17-13-8-6-7-12(9-13)14(18)19/h6-11H,4-5H2,1-3H3,(H,18,19)(H2,16,17,20). The van der Waals surface area contributed by atoms with Gasteiger partial charge in [0, 0.05) is 11.7 Å². The minimum atomic E-state index is -1.01. The number of nitrogens with one attached hydrogen (secondary N) is 2. The number of benzene rings is 1. The number of carboxylic acids is 1. The van der Waals surface area contributed by atoms with Gasteiger partial charge >= 0.3 is 12.0 Å². The van der Waals surface area contributed by atoms with Gasteiger partial charge in [0.25, 0.3) is 0 Å². The maximum absolute atomic E-state index is 11.9. The molecule has 1 aromatic carbocycles. The lowest BCUT2D eigenvalue weighted by atomic mass is 9.96. The van der Waals surface area contributed by atoms with Crippen LogP contribution in [-0.2, 0) is 0 Å². The Bertz CT molecular complexity index is 470. The van der Waals surface area contributed by atoms with Gasteiger partial charge in [-0.3, -0.25) is 0 Å². The van der Waals surface area contributed by atoms with Crippen molar-refractivity contribution in [2.24, 2.45) is 5.92 Å². The van der Waals surface area contributed by atoms with Gasteiger partial charge in [0.05, 0.1) is 5.56 Å². The Balaban J connectivity index is 2.62.